The third-order valence-corrected chi connectivity index (χ3v) is 6.07. The summed E-state index contributed by atoms with van der Waals surface area (Å²) in [6, 6.07) is 6.93. The number of benzene rings is 1. The van der Waals surface area contributed by atoms with Crippen molar-refractivity contribution in [2.75, 3.05) is 30.3 Å². The molecule has 0 aromatic heterocycles. The molecule has 0 amide bonds. The van der Waals surface area contributed by atoms with Gasteiger partial charge in [-0.25, -0.2) is 13.4 Å². The van der Waals surface area contributed by atoms with Gasteiger partial charge in [0.15, 0.2) is 15.8 Å². The van der Waals surface area contributed by atoms with Crippen molar-refractivity contribution in [1.82, 2.24) is 4.90 Å². The molecule has 0 spiro atoms. The maximum absolute atomic E-state index is 11.9. The zero-order chi connectivity index (χ0) is 15.3. The maximum atomic E-state index is 11.9. The van der Waals surface area contributed by atoms with E-state index in [1.165, 1.54) is 0 Å². The van der Waals surface area contributed by atoms with Gasteiger partial charge in [0.25, 0.3) is 0 Å². The molecule has 1 saturated heterocycles. The van der Waals surface area contributed by atoms with Crippen molar-refractivity contribution >= 4 is 51.5 Å². The standard InChI is InChI=1S/C14H21N3O2S2.HI/c1-2-21(18,19)13-5-3-4-12(10-13)11-16-14(15)17-6-8-20-9-7-17;/h3-5,10H,2,6-9,11H2,1H3,(H2,15,16);1H. The number of halogens is 1. The lowest BCUT2D eigenvalue weighted by Crippen LogP contribution is -2.42. The normalized spacial score (nSPS) is 16.2. The average molecular weight is 455 g/mol. The Bertz CT molecular complexity index is 614. The Hall–Kier alpha value is -0.480. The second-order valence-corrected chi connectivity index (χ2v) is 8.33. The number of hydrogen-bond acceptors (Lipinski definition) is 4. The van der Waals surface area contributed by atoms with E-state index in [0.29, 0.717) is 17.4 Å². The second kappa shape index (κ2) is 8.97. The van der Waals surface area contributed by atoms with Gasteiger partial charge in [-0.2, -0.15) is 11.8 Å². The summed E-state index contributed by atoms with van der Waals surface area (Å²) in [4.78, 5) is 6.81. The Labute approximate surface area is 153 Å². The van der Waals surface area contributed by atoms with Crippen LogP contribution in [0.15, 0.2) is 34.2 Å². The molecule has 0 aliphatic carbocycles. The molecule has 2 N–H and O–H groups in total. The predicted molar refractivity (Wildman–Crippen MR) is 104 cm³/mol. The van der Waals surface area contributed by atoms with Gasteiger partial charge in [-0.1, -0.05) is 19.1 Å². The molecular weight excluding hydrogens is 433 g/mol. The van der Waals surface area contributed by atoms with Crippen molar-refractivity contribution in [1.29, 1.82) is 0 Å². The third-order valence-electron chi connectivity index (χ3n) is 3.40. The van der Waals surface area contributed by atoms with Gasteiger partial charge in [-0.3, -0.25) is 0 Å². The van der Waals surface area contributed by atoms with Gasteiger partial charge in [-0.05, 0) is 17.7 Å². The predicted octanol–water partition coefficient (Wildman–Crippen LogP) is 1.96. The van der Waals surface area contributed by atoms with Crippen LogP contribution in [-0.4, -0.2) is 49.6 Å². The van der Waals surface area contributed by atoms with Crippen LogP contribution in [0.2, 0.25) is 0 Å². The minimum atomic E-state index is -3.17. The topological polar surface area (TPSA) is 75.8 Å². The molecule has 1 aromatic carbocycles. The molecule has 1 aromatic rings. The lowest BCUT2D eigenvalue weighted by Gasteiger charge is -2.27. The number of hydrogen-bond donors (Lipinski definition) is 1. The zero-order valence-corrected chi connectivity index (χ0v) is 16.5. The molecule has 124 valence electrons. The number of nitrogens with two attached hydrogens (primary N) is 1. The van der Waals surface area contributed by atoms with E-state index < -0.39 is 9.84 Å². The van der Waals surface area contributed by atoms with E-state index in [4.69, 9.17) is 5.73 Å². The van der Waals surface area contributed by atoms with Crippen LogP contribution < -0.4 is 5.73 Å². The smallest absolute Gasteiger partial charge is 0.191 e. The van der Waals surface area contributed by atoms with Crippen LogP contribution in [0.1, 0.15) is 12.5 Å². The lowest BCUT2D eigenvalue weighted by molar-refractivity contribution is 0.455. The number of aliphatic imine (C=N–C) groups is 1. The highest BCUT2D eigenvalue weighted by Crippen LogP contribution is 2.14. The zero-order valence-electron chi connectivity index (χ0n) is 12.6. The number of sulfone groups is 1. The molecule has 1 aliphatic heterocycles. The molecule has 0 saturated carbocycles. The molecule has 8 heteroatoms. The van der Waals surface area contributed by atoms with Crippen LogP contribution >= 0.6 is 35.7 Å². The van der Waals surface area contributed by atoms with Crippen molar-refractivity contribution in [3.63, 3.8) is 0 Å². The van der Waals surface area contributed by atoms with Crippen molar-refractivity contribution in [3.8, 4) is 0 Å². The summed E-state index contributed by atoms with van der Waals surface area (Å²) in [6.07, 6.45) is 0. The molecule has 0 bridgehead atoms. The monoisotopic (exact) mass is 455 g/mol. The molecule has 0 radical (unpaired) electrons. The molecular formula is C14H22IN3O2S2. The quantitative estimate of drug-likeness (QED) is 0.427. The van der Waals surface area contributed by atoms with E-state index in [1.807, 2.05) is 17.8 Å². The highest BCUT2D eigenvalue weighted by atomic mass is 127. The Morgan fingerprint density at radius 3 is 2.68 bits per heavy atom. The minimum absolute atomic E-state index is 0. The minimum Gasteiger partial charge on any atom is -0.370 e. The molecule has 0 atom stereocenters. The molecule has 5 nitrogen and oxygen atoms in total. The van der Waals surface area contributed by atoms with Gasteiger partial charge < -0.3 is 10.6 Å². The Morgan fingerprint density at radius 2 is 2.05 bits per heavy atom. The summed E-state index contributed by atoms with van der Waals surface area (Å²) < 4.78 is 23.7. The summed E-state index contributed by atoms with van der Waals surface area (Å²) in [5.41, 5.74) is 6.85. The van der Waals surface area contributed by atoms with Crippen LogP contribution in [0, 0.1) is 0 Å². The van der Waals surface area contributed by atoms with E-state index in [1.54, 1.807) is 25.1 Å². The Kier molecular flexibility index (Phi) is 7.98. The largest absolute Gasteiger partial charge is 0.370 e. The van der Waals surface area contributed by atoms with Gasteiger partial charge in [-0.15, -0.1) is 24.0 Å². The first-order chi connectivity index (χ1) is 10.0. The summed E-state index contributed by atoms with van der Waals surface area (Å²) >= 11 is 1.92. The van der Waals surface area contributed by atoms with Crippen molar-refractivity contribution < 1.29 is 8.42 Å². The van der Waals surface area contributed by atoms with Gasteiger partial charge in [0, 0.05) is 24.6 Å². The number of rotatable bonds is 4. The van der Waals surface area contributed by atoms with E-state index in [9.17, 15) is 8.42 Å². The van der Waals surface area contributed by atoms with Gasteiger partial charge >= 0.3 is 0 Å². The first-order valence-electron chi connectivity index (χ1n) is 6.97. The van der Waals surface area contributed by atoms with Crippen LogP contribution in [0.5, 0.6) is 0 Å². The van der Waals surface area contributed by atoms with Crippen LogP contribution in [0.4, 0.5) is 0 Å². The fourth-order valence-corrected chi connectivity index (χ4v) is 3.92. The highest BCUT2D eigenvalue weighted by Gasteiger charge is 2.13. The fourth-order valence-electron chi connectivity index (χ4n) is 2.07. The molecule has 1 heterocycles. The fraction of sp³-hybridized carbons (Fsp3) is 0.500. The van der Waals surface area contributed by atoms with Crippen molar-refractivity contribution in [2.24, 2.45) is 10.7 Å². The van der Waals surface area contributed by atoms with Crippen LogP contribution in [0.3, 0.4) is 0 Å². The van der Waals surface area contributed by atoms with E-state index in [0.717, 1.165) is 30.2 Å². The van der Waals surface area contributed by atoms with E-state index in [2.05, 4.69) is 9.89 Å². The number of thioether (sulfide) groups is 1. The summed E-state index contributed by atoms with van der Waals surface area (Å²) in [5.74, 6) is 2.79. The number of nitrogens with zero attached hydrogens (tertiary/aromatic N) is 2. The lowest BCUT2D eigenvalue weighted by atomic mass is 10.2. The van der Waals surface area contributed by atoms with Gasteiger partial charge in [0.05, 0.1) is 17.2 Å². The molecule has 2 rings (SSSR count). The van der Waals surface area contributed by atoms with Gasteiger partial charge in [0.2, 0.25) is 0 Å². The van der Waals surface area contributed by atoms with E-state index in [-0.39, 0.29) is 29.7 Å². The maximum Gasteiger partial charge on any atom is 0.191 e. The number of guanidine groups is 1. The third kappa shape index (κ3) is 5.31. The molecule has 1 aliphatic rings. The summed E-state index contributed by atoms with van der Waals surface area (Å²) in [5, 5.41) is 0. The van der Waals surface area contributed by atoms with Crippen molar-refractivity contribution in [2.45, 2.75) is 18.4 Å². The van der Waals surface area contributed by atoms with Crippen molar-refractivity contribution in [3.05, 3.63) is 29.8 Å². The first kappa shape index (κ1) is 19.6. The molecule has 22 heavy (non-hydrogen) atoms. The average Bonchev–Trinajstić information content (AvgIpc) is 2.53. The Balaban J connectivity index is 0.00000242. The van der Waals surface area contributed by atoms with Crippen LogP contribution in [0.25, 0.3) is 0 Å². The molecule has 0 unspecified atom stereocenters. The van der Waals surface area contributed by atoms with Crippen LogP contribution in [-0.2, 0) is 16.4 Å². The summed E-state index contributed by atoms with van der Waals surface area (Å²) in [7, 11) is -3.17. The Morgan fingerprint density at radius 1 is 1.36 bits per heavy atom. The second-order valence-electron chi connectivity index (χ2n) is 4.82. The summed E-state index contributed by atoms with van der Waals surface area (Å²) in [6.45, 7) is 3.89. The first-order valence-corrected chi connectivity index (χ1v) is 9.78. The van der Waals surface area contributed by atoms with Gasteiger partial charge in [0.1, 0.15) is 0 Å². The molecule has 1 fully saturated rings. The SMILES string of the molecule is CCS(=O)(=O)c1cccc(CN=C(N)N2CCSCC2)c1.I. The van der Waals surface area contributed by atoms with E-state index >= 15 is 0 Å². The highest BCUT2D eigenvalue weighted by molar-refractivity contribution is 14.0.